The summed E-state index contributed by atoms with van der Waals surface area (Å²) in [5.74, 6) is 0.0504. The number of hydrogen-bond donors (Lipinski definition) is 0. The molecule has 0 unspecified atom stereocenters. The fourth-order valence-corrected chi connectivity index (χ4v) is 2.30. The Morgan fingerprint density at radius 1 is 1.44 bits per heavy atom. The molecule has 0 aromatic carbocycles. The van der Waals surface area contributed by atoms with E-state index < -0.39 is 9.84 Å². The highest BCUT2D eigenvalue weighted by molar-refractivity contribution is 9.13. The van der Waals surface area contributed by atoms with Crippen LogP contribution in [0, 0.1) is 0 Å². The molecule has 0 saturated carbocycles. The zero-order chi connectivity index (χ0) is 12.3. The molecular weight excluding hydrogens is 364 g/mol. The van der Waals surface area contributed by atoms with Crippen molar-refractivity contribution in [3.8, 4) is 0 Å². The lowest BCUT2D eigenvalue weighted by molar-refractivity contribution is 0.553. The van der Waals surface area contributed by atoms with E-state index in [4.69, 9.17) is 0 Å². The van der Waals surface area contributed by atoms with Crippen molar-refractivity contribution in [2.24, 2.45) is 0 Å². The molecule has 0 fully saturated rings. The Labute approximate surface area is 110 Å². The molecule has 0 aliphatic carbocycles. The van der Waals surface area contributed by atoms with Gasteiger partial charge in [-0.05, 0) is 38.3 Å². The summed E-state index contributed by atoms with van der Waals surface area (Å²) in [5, 5.41) is 3.89. The predicted octanol–water partition coefficient (Wildman–Crippen LogP) is 1.20. The average molecular weight is 374 g/mol. The van der Waals surface area contributed by atoms with Crippen LogP contribution in [-0.2, 0) is 16.4 Å². The summed E-state index contributed by atoms with van der Waals surface area (Å²) in [6.07, 6.45) is 3.03. The Bertz CT molecular complexity index is 539. The number of aryl methyl sites for hydroxylation is 1. The van der Waals surface area contributed by atoms with Crippen molar-refractivity contribution < 1.29 is 8.42 Å². The molecule has 0 radical (unpaired) electrons. The molecule has 0 N–H and O–H groups in total. The maximum Gasteiger partial charge on any atom is 0.282 e. The monoisotopic (exact) mass is 372 g/mol. The Kier molecular flexibility index (Phi) is 4.69. The first-order chi connectivity index (χ1) is 7.31. The molecule has 0 spiro atoms. The van der Waals surface area contributed by atoms with E-state index >= 15 is 0 Å². The maximum absolute atomic E-state index is 11.6. The second-order valence-electron chi connectivity index (χ2n) is 3.32. The van der Waals surface area contributed by atoms with Crippen molar-refractivity contribution in [2.45, 2.75) is 13.0 Å². The van der Waals surface area contributed by atoms with E-state index in [1.807, 2.05) is 0 Å². The molecule has 1 aromatic rings. The Morgan fingerprint density at radius 3 is 2.62 bits per heavy atom. The summed E-state index contributed by atoms with van der Waals surface area (Å²) < 4.78 is 24.0. The van der Waals surface area contributed by atoms with Crippen molar-refractivity contribution in [1.82, 2.24) is 9.78 Å². The van der Waals surface area contributed by atoms with E-state index in [0.717, 1.165) is 0 Å². The number of nitrogens with zero attached hydrogens (tertiary/aromatic N) is 2. The van der Waals surface area contributed by atoms with E-state index in [0.29, 0.717) is 15.4 Å². The second-order valence-corrected chi connectivity index (χ2v) is 7.23. The molecule has 0 aliphatic rings. The minimum atomic E-state index is -2.99. The van der Waals surface area contributed by atoms with Gasteiger partial charge in [0.25, 0.3) is 5.56 Å². The highest BCUT2D eigenvalue weighted by Gasteiger charge is 2.07. The van der Waals surface area contributed by atoms with E-state index in [1.54, 1.807) is 0 Å². The van der Waals surface area contributed by atoms with Gasteiger partial charge in [-0.15, -0.1) is 0 Å². The lowest BCUT2D eigenvalue weighted by Crippen LogP contribution is -2.24. The largest absolute Gasteiger partial charge is 0.282 e. The van der Waals surface area contributed by atoms with Crippen molar-refractivity contribution >= 4 is 41.7 Å². The fraction of sp³-hybridized carbons (Fsp3) is 0.500. The van der Waals surface area contributed by atoms with E-state index in [-0.39, 0.29) is 17.9 Å². The van der Waals surface area contributed by atoms with Crippen LogP contribution in [0.2, 0.25) is 0 Å². The van der Waals surface area contributed by atoms with E-state index in [2.05, 4.69) is 37.0 Å². The zero-order valence-corrected chi connectivity index (χ0v) is 12.5. The van der Waals surface area contributed by atoms with E-state index in [1.165, 1.54) is 17.1 Å². The van der Waals surface area contributed by atoms with Gasteiger partial charge in [0.15, 0.2) is 0 Å². The van der Waals surface area contributed by atoms with Crippen LogP contribution >= 0.6 is 31.9 Å². The minimum absolute atomic E-state index is 0.0504. The van der Waals surface area contributed by atoms with Gasteiger partial charge in [-0.1, -0.05) is 0 Å². The molecule has 16 heavy (non-hydrogen) atoms. The van der Waals surface area contributed by atoms with Crippen molar-refractivity contribution in [2.75, 3.05) is 12.0 Å². The topological polar surface area (TPSA) is 69.0 Å². The third kappa shape index (κ3) is 3.99. The van der Waals surface area contributed by atoms with Crippen LogP contribution in [-0.4, -0.2) is 30.2 Å². The van der Waals surface area contributed by atoms with E-state index in [9.17, 15) is 13.2 Å². The van der Waals surface area contributed by atoms with Crippen LogP contribution in [0.25, 0.3) is 0 Å². The first-order valence-corrected chi connectivity index (χ1v) is 8.05. The quantitative estimate of drug-likeness (QED) is 0.795. The SMILES string of the molecule is CS(=O)(=O)CCCn1ncc(Br)c(Br)c1=O. The average Bonchev–Trinajstić information content (AvgIpc) is 2.16. The fourth-order valence-electron chi connectivity index (χ4n) is 1.08. The van der Waals surface area contributed by atoms with Crippen LogP contribution in [0.15, 0.2) is 19.9 Å². The van der Waals surface area contributed by atoms with Gasteiger partial charge in [0.05, 0.1) is 16.4 Å². The first kappa shape index (κ1) is 13.9. The zero-order valence-electron chi connectivity index (χ0n) is 8.48. The van der Waals surface area contributed by atoms with Gasteiger partial charge in [0.2, 0.25) is 0 Å². The van der Waals surface area contributed by atoms with Crippen molar-refractivity contribution in [3.05, 3.63) is 25.5 Å². The summed E-state index contributed by atoms with van der Waals surface area (Å²) in [6.45, 7) is 0.289. The van der Waals surface area contributed by atoms with Gasteiger partial charge in [-0.25, -0.2) is 13.1 Å². The molecule has 0 aliphatic heterocycles. The molecule has 1 heterocycles. The first-order valence-electron chi connectivity index (χ1n) is 4.40. The lowest BCUT2D eigenvalue weighted by atomic mass is 10.5. The van der Waals surface area contributed by atoms with Crippen LogP contribution < -0.4 is 5.56 Å². The van der Waals surface area contributed by atoms with Crippen molar-refractivity contribution in [1.29, 1.82) is 0 Å². The second kappa shape index (κ2) is 5.42. The normalized spacial score (nSPS) is 11.7. The highest BCUT2D eigenvalue weighted by Crippen LogP contribution is 2.16. The molecule has 0 bridgehead atoms. The summed E-state index contributed by atoms with van der Waals surface area (Å²) in [5.41, 5.74) is -0.275. The summed E-state index contributed by atoms with van der Waals surface area (Å²) in [4.78, 5) is 11.6. The van der Waals surface area contributed by atoms with Gasteiger partial charge < -0.3 is 0 Å². The van der Waals surface area contributed by atoms with Gasteiger partial charge in [-0.2, -0.15) is 5.10 Å². The standard InChI is InChI=1S/C8H10Br2N2O3S/c1-16(14,15)4-2-3-12-8(13)7(10)6(9)5-11-12/h5H,2-4H2,1H3. The number of sulfone groups is 1. The molecule has 5 nitrogen and oxygen atoms in total. The van der Waals surface area contributed by atoms with Crippen LogP contribution in [0.3, 0.4) is 0 Å². The smallest absolute Gasteiger partial charge is 0.266 e. The van der Waals surface area contributed by atoms with Crippen LogP contribution in [0.4, 0.5) is 0 Å². The van der Waals surface area contributed by atoms with Gasteiger partial charge in [-0.3, -0.25) is 4.79 Å². The molecular formula is C8H10Br2N2O3S. The van der Waals surface area contributed by atoms with Gasteiger partial charge in [0.1, 0.15) is 14.3 Å². The van der Waals surface area contributed by atoms with Gasteiger partial charge >= 0.3 is 0 Å². The maximum atomic E-state index is 11.6. The Morgan fingerprint density at radius 2 is 2.06 bits per heavy atom. The molecule has 0 atom stereocenters. The summed E-state index contributed by atoms with van der Waals surface area (Å²) >= 11 is 6.28. The number of hydrogen-bond acceptors (Lipinski definition) is 4. The third-order valence-corrected chi connectivity index (χ3v) is 4.76. The molecule has 1 aromatic heterocycles. The highest BCUT2D eigenvalue weighted by atomic mass is 79.9. The number of aromatic nitrogens is 2. The van der Waals surface area contributed by atoms with Crippen molar-refractivity contribution in [3.63, 3.8) is 0 Å². The summed E-state index contributed by atoms with van der Waals surface area (Å²) in [6, 6.07) is 0. The minimum Gasteiger partial charge on any atom is -0.266 e. The Balaban J connectivity index is 2.77. The number of rotatable bonds is 4. The Hall–Kier alpha value is -0.210. The molecule has 90 valence electrons. The van der Waals surface area contributed by atoms with Crippen LogP contribution in [0.5, 0.6) is 0 Å². The summed E-state index contributed by atoms with van der Waals surface area (Å²) in [7, 11) is -2.99. The van der Waals surface area contributed by atoms with Gasteiger partial charge in [0, 0.05) is 12.8 Å². The van der Waals surface area contributed by atoms with Crippen LogP contribution in [0.1, 0.15) is 6.42 Å². The predicted molar refractivity (Wildman–Crippen MR) is 68.2 cm³/mol. The molecule has 1 rings (SSSR count). The number of halogens is 2. The lowest BCUT2D eigenvalue weighted by Gasteiger charge is -2.04. The molecule has 0 amide bonds. The molecule has 8 heteroatoms. The molecule has 0 saturated heterocycles. The third-order valence-electron chi connectivity index (χ3n) is 1.83.